The van der Waals surface area contributed by atoms with Gasteiger partial charge in [-0.3, -0.25) is 0 Å². The van der Waals surface area contributed by atoms with Crippen molar-refractivity contribution in [2.24, 2.45) is 0 Å². The Labute approximate surface area is 94.4 Å². The minimum atomic E-state index is -0.330. The molecule has 0 radical (unpaired) electrons. The van der Waals surface area contributed by atoms with Crippen LogP contribution in [0.15, 0.2) is 24.3 Å². The van der Waals surface area contributed by atoms with Crippen molar-refractivity contribution in [2.75, 3.05) is 24.9 Å². The Hall–Kier alpha value is -1.22. The largest absolute Gasteiger partial charge is 0.465 e. The fraction of sp³-hybridized carbons (Fsp3) is 0.364. The van der Waals surface area contributed by atoms with E-state index in [9.17, 15) is 4.79 Å². The molecular weight excluding hydrogens is 214 g/mol. The molecule has 0 fully saturated rings. The van der Waals surface area contributed by atoms with E-state index in [1.807, 2.05) is 12.1 Å². The first-order valence-electron chi connectivity index (χ1n) is 4.76. The number of hydrogen-bond acceptors (Lipinski definition) is 3. The van der Waals surface area contributed by atoms with Crippen molar-refractivity contribution < 1.29 is 9.53 Å². The molecule has 0 aliphatic heterocycles. The van der Waals surface area contributed by atoms with E-state index in [1.54, 1.807) is 12.1 Å². The van der Waals surface area contributed by atoms with Crippen LogP contribution in [0.2, 0.25) is 0 Å². The molecule has 0 spiro atoms. The highest BCUT2D eigenvalue weighted by Crippen LogP contribution is 2.15. The number of methoxy groups -OCH3 is 1. The minimum absolute atomic E-state index is 0.330. The molecule has 0 aliphatic rings. The predicted molar refractivity (Wildman–Crippen MR) is 61.6 cm³/mol. The number of rotatable bonds is 5. The molecule has 0 unspecified atom stereocenters. The van der Waals surface area contributed by atoms with Crippen molar-refractivity contribution >= 4 is 23.3 Å². The van der Waals surface area contributed by atoms with E-state index >= 15 is 0 Å². The van der Waals surface area contributed by atoms with E-state index in [0.717, 1.165) is 18.7 Å². The van der Waals surface area contributed by atoms with Crippen LogP contribution in [0.1, 0.15) is 16.8 Å². The number of para-hydroxylation sites is 1. The van der Waals surface area contributed by atoms with Gasteiger partial charge < -0.3 is 10.1 Å². The summed E-state index contributed by atoms with van der Waals surface area (Å²) in [5.74, 6) is 0.275. The number of carbonyl (C=O) groups is 1. The molecule has 0 aliphatic carbocycles. The molecule has 1 aromatic carbocycles. The van der Waals surface area contributed by atoms with Crippen molar-refractivity contribution in [1.29, 1.82) is 0 Å². The SMILES string of the molecule is COC(=O)c1ccccc1NCCCCl. The van der Waals surface area contributed by atoms with Gasteiger partial charge in [0.2, 0.25) is 0 Å². The van der Waals surface area contributed by atoms with E-state index < -0.39 is 0 Å². The van der Waals surface area contributed by atoms with Gasteiger partial charge in [0, 0.05) is 18.1 Å². The van der Waals surface area contributed by atoms with Crippen molar-refractivity contribution in [3.05, 3.63) is 29.8 Å². The van der Waals surface area contributed by atoms with E-state index in [1.165, 1.54) is 7.11 Å². The highest BCUT2D eigenvalue weighted by atomic mass is 35.5. The number of benzene rings is 1. The zero-order chi connectivity index (χ0) is 11.1. The third-order valence-corrected chi connectivity index (χ3v) is 2.23. The fourth-order valence-electron chi connectivity index (χ4n) is 1.22. The van der Waals surface area contributed by atoms with E-state index in [0.29, 0.717) is 11.4 Å². The van der Waals surface area contributed by atoms with E-state index in [-0.39, 0.29) is 5.97 Å². The monoisotopic (exact) mass is 227 g/mol. The Balaban J connectivity index is 2.73. The number of anilines is 1. The Morgan fingerprint density at radius 1 is 1.47 bits per heavy atom. The second-order valence-corrected chi connectivity index (χ2v) is 3.38. The second-order valence-electron chi connectivity index (χ2n) is 3.01. The van der Waals surface area contributed by atoms with Gasteiger partial charge in [-0.15, -0.1) is 11.6 Å². The average Bonchev–Trinajstić information content (AvgIpc) is 2.29. The van der Waals surface area contributed by atoms with Crippen LogP contribution < -0.4 is 5.32 Å². The standard InChI is InChI=1S/C11H14ClNO2/c1-15-11(14)9-5-2-3-6-10(9)13-8-4-7-12/h2-3,5-6,13H,4,7-8H2,1H3. The third kappa shape index (κ3) is 3.44. The lowest BCUT2D eigenvalue weighted by Crippen LogP contribution is -2.09. The summed E-state index contributed by atoms with van der Waals surface area (Å²) in [5, 5.41) is 3.14. The van der Waals surface area contributed by atoms with Crippen LogP contribution in [0, 0.1) is 0 Å². The molecule has 0 saturated heterocycles. The normalized spacial score (nSPS) is 9.73. The summed E-state index contributed by atoms with van der Waals surface area (Å²) in [6, 6.07) is 7.25. The zero-order valence-electron chi connectivity index (χ0n) is 8.63. The molecule has 0 heterocycles. The predicted octanol–water partition coefficient (Wildman–Crippen LogP) is 2.51. The molecule has 1 rings (SSSR count). The van der Waals surface area contributed by atoms with Crippen LogP contribution >= 0.6 is 11.6 Å². The summed E-state index contributed by atoms with van der Waals surface area (Å²) in [5.41, 5.74) is 1.34. The molecule has 1 aromatic rings. The van der Waals surface area contributed by atoms with Crippen LogP contribution in [-0.4, -0.2) is 25.5 Å². The van der Waals surface area contributed by atoms with Gasteiger partial charge in [-0.1, -0.05) is 12.1 Å². The van der Waals surface area contributed by atoms with Crippen molar-refractivity contribution in [2.45, 2.75) is 6.42 Å². The van der Waals surface area contributed by atoms with Gasteiger partial charge in [-0.25, -0.2) is 4.79 Å². The Kier molecular flexibility index (Phi) is 4.98. The summed E-state index contributed by atoms with van der Waals surface area (Å²) < 4.78 is 4.68. The van der Waals surface area contributed by atoms with E-state index in [4.69, 9.17) is 11.6 Å². The molecule has 0 atom stereocenters. The molecule has 0 saturated carbocycles. The molecule has 82 valence electrons. The molecule has 3 nitrogen and oxygen atoms in total. The lowest BCUT2D eigenvalue weighted by molar-refractivity contribution is 0.0602. The lowest BCUT2D eigenvalue weighted by Gasteiger charge is -2.09. The van der Waals surface area contributed by atoms with Crippen LogP contribution in [0.4, 0.5) is 5.69 Å². The maximum absolute atomic E-state index is 11.4. The smallest absolute Gasteiger partial charge is 0.339 e. The summed E-state index contributed by atoms with van der Waals surface area (Å²) in [4.78, 5) is 11.4. The van der Waals surface area contributed by atoms with Gasteiger partial charge in [0.15, 0.2) is 0 Å². The van der Waals surface area contributed by atoms with Crippen LogP contribution in [-0.2, 0) is 4.74 Å². The maximum Gasteiger partial charge on any atom is 0.339 e. The first kappa shape index (κ1) is 11.9. The number of carbonyl (C=O) groups excluding carboxylic acids is 1. The number of halogens is 1. The van der Waals surface area contributed by atoms with Crippen LogP contribution in [0.25, 0.3) is 0 Å². The summed E-state index contributed by atoms with van der Waals surface area (Å²) in [7, 11) is 1.37. The number of ether oxygens (including phenoxy) is 1. The Bertz CT molecular complexity index is 328. The highest BCUT2D eigenvalue weighted by molar-refractivity contribution is 6.17. The second kappa shape index (κ2) is 6.30. The van der Waals surface area contributed by atoms with Gasteiger partial charge in [-0.2, -0.15) is 0 Å². The van der Waals surface area contributed by atoms with E-state index in [2.05, 4.69) is 10.1 Å². The number of esters is 1. The average molecular weight is 228 g/mol. The molecular formula is C11H14ClNO2. The Morgan fingerprint density at radius 3 is 2.87 bits per heavy atom. The van der Waals surface area contributed by atoms with Gasteiger partial charge in [-0.05, 0) is 18.6 Å². The molecule has 1 N–H and O–H groups in total. The topological polar surface area (TPSA) is 38.3 Å². The first-order valence-corrected chi connectivity index (χ1v) is 5.30. The minimum Gasteiger partial charge on any atom is -0.465 e. The van der Waals surface area contributed by atoms with Gasteiger partial charge in [0.1, 0.15) is 0 Å². The summed E-state index contributed by atoms with van der Waals surface area (Å²) >= 11 is 5.57. The van der Waals surface area contributed by atoms with Crippen LogP contribution in [0.3, 0.4) is 0 Å². The number of hydrogen-bond donors (Lipinski definition) is 1. The Morgan fingerprint density at radius 2 is 2.20 bits per heavy atom. The molecule has 15 heavy (non-hydrogen) atoms. The highest BCUT2D eigenvalue weighted by Gasteiger charge is 2.09. The van der Waals surface area contributed by atoms with Gasteiger partial charge >= 0.3 is 5.97 Å². The van der Waals surface area contributed by atoms with Crippen molar-refractivity contribution in [3.63, 3.8) is 0 Å². The first-order chi connectivity index (χ1) is 7.29. The lowest BCUT2D eigenvalue weighted by atomic mass is 10.2. The molecule has 0 aromatic heterocycles. The van der Waals surface area contributed by atoms with Crippen LogP contribution in [0.5, 0.6) is 0 Å². The van der Waals surface area contributed by atoms with Gasteiger partial charge in [0.05, 0.1) is 12.7 Å². The molecule has 4 heteroatoms. The summed E-state index contributed by atoms with van der Waals surface area (Å²) in [6.45, 7) is 0.748. The number of alkyl halides is 1. The molecule has 0 bridgehead atoms. The zero-order valence-corrected chi connectivity index (χ0v) is 9.38. The number of nitrogens with one attached hydrogen (secondary N) is 1. The van der Waals surface area contributed by atoms with Crippen molar-refractivity contribution in [1.82, 2.24) is 0 Å². The third-order valence-electron chi connectivity index (χ3n) is 1.96. The summed E-state index contributed by atoms with van der Waals surface area (Å²) in [6.07, 6.45) is 0.858. The fourth-order valence-corrected chi connectivity index (χ4v) is 1.35. The van der Waals surface area contributed by atoms with Gasteiger partial charge in [0.25, 0.3) is 0 Å². The quantitative estimate of drug-likeness (QED) is 0.477. The van der Waals surface area contributed by atoms with Crippen molar-refractivity contribution in [3.8, 4) is 0 Å². The maximum atomic E-state index is 11.4. The molecule has 0 amide bonds.